The largest absolute Gasteiger partial charge is 0.314 e. The van der Waals surface area contributed by atoms with Crippen LogP contribution in [0.25, 0.3) is 0 Å². The van der Waals surface area contributed by atoms with Crippen molar-refractivity contribution in [3.05, 3.63) is 17.5 Å². The van der Waals surface area contributed by atoms with Gasteiger partial charge in [-0.3, -0.25) is 4.68 Å². The number of aromatic nitrogens is 2. The molecule has 2 atom stereocenters. The van der Waals surface area contributed by atoms with E-state index in [1.165, 1.54) is 31.4 Å². The lowest BCUT2D eigenvalue weighted by Gasteiger charge is -2.14. The molecule has 0 aromatic carbocycles. The smallest absolute Gasteiger partial charge is 0.0596 e. The van der Waals surface area contributed by atoms with Gasteiger partial charge in [0.15, 0.2) is 0 Å². The Labute approximate surface area is 98.2 Å². The van der Waals surface area contributed by atoms with Gasteiger partial charge in [-0.2, -0.15) is 5.10 Å². The molecule has 0 spiro atoms. The van der Waals surface area contributed by atoms with Crippen LogP contribution in [-0.2, 0) is 0 Å². The summed E-state index contributed by atoms with van der Waals surface area (Å²) < 4.78 is 2.23. The first-order valence-electron chi connectivity index (χ1n) is 6.47. The van der Waals surface area contributed by atoms with Crippen LogP contribution in [0.2, 0.25) is 0 Å². The first-order chi connectivity index (χ1) is 7.70. The Morgan fingerprint density at radius 1 is 1.44 bits per heavy atom. The molecule has 3 nitrogen and oxygen atoms in total. The third-order valence-electron chi connectivity index (χ3n) is 3.48. The van der Waals surface area contributed by atoms with Gasteiger partial charge in [0.05, 0.1) is 11.7 Å². The summed E-state index contributed by atoms with van der Waals surface area (Å²) >= 11 is 0. The van der Waals surface area contributed by atoms with Crippen LogP contribution in [0.1, 0.15) is 50.0 Å². The van der Waals surface area contributed by atoms with Gasteiger partial charge in [-0.05, 0) is 52.1 Å². The summed E-state index contributed by atoms with van der Waals surface area (Å²) in [6, 6.07) is 3.49. The van der Waals surface area contributed by atoms with Crippen molar-refractivity contribution in [2.75, 3.05) is 6.54 Å². The molecule has 1 aromatic heterocycles. The predicted octanol–water partition coefficient (Wildman–Crippen LogP) is 2.59. The van der Waals surface area contributed by atoms with Crippen LogP contribution < -0.4 is 5.32 Å². The molecule has 1 aliphatic carbocycles. The lowest BCUT2D eigenvalue weighted by atomic mass is 10.2. The van der Waals surface area contributed by atoms with Gasteiger partial charge >= 0.3 is 0 Å². The zero-order valence-corrected chi connectivity index (χ0v) is 10.7. The van der Waals surface area contributed by atoms with Crippen molar-refractivity contribution in [2.24, 2.45) is 0 Å². The van der Waals surface area contributed by atoms with E-state index < -0.39 is 0 Å². The van der Waals surface area contributed by atoms with E-state index in [4.69, 9.17) is 0 Å². The molecule has 1 saturated carbocycles. The highest BCUT2D eigenvalue weighted by Gasteiger charge is 2.26. The Morgan fingerprint density at radius 3 is 2.88 bits per heavy atom. The molecule has 90 valence electrons. The minimum Gasteiger partial charge on any atom is -0.314 e. The average Bonchev–Trinajstić information content (AvgIpc) is 2.82. The van der Waals surface area contributed by atoms with Crippen molar-refractivity contribution in [2.45, 2.75) is 58.5 Å². The lowest BCUT2D eigenvalue weighted by molar-refractivity contribution is 0.433. The zero-order chi connectivity index (χ0) is 11.5. The summed E-state index contributed by atoms with van der Waals surface area (Å²) in [5, 5.41) is 8.21. The molecule has 0 radical (unpaired) electrons. The maximum atomic E-state index is 4.60. The summed E-state index contributed by atoms with van der Waals surface area (Å²) in [5.74, 6) is 0. The quantitative estimate of drug-likeness (QED) is 0.847. The molecule has 2 rings (SSSR count). The fraction of sp³-hybridized carbons (Fsp3) is 0.769. The van der Waals surface area contributed by atoms with Gasteiger partial charge < -0.3 is 5.32 Å². The van der Waals surface area contributed by atoms with Gasteiger partial charge in [0.25, 0.3) is 0 Å². The standard InChI is InChI=1S/C13H23N3/c1-4-7-14-12-5-6-13(9-12)16-11(3)8-10(2)15-16/h8,12-14H,4-7,9H2,1-3H3. The Hall–Kier alpha value is -0.830. The van der Waals surface area contributed by atoms with Crippen molar-refractivity contribution in [1.82, 2.24) is 15.1 Å². The van der Waals surface area contributed by atoms with Crippen LogP contribution in [0.5, 0.6) is 0 Å². The summed E-state index contributed by atoms with van der Waals surface area (Å²) in [4.78, 5) is 0. The number of aryl methyl sites for hydroxylation is 2. The van der Waals surface area contributed by atoms with Crippen molar-refractivity contribution >= 4 is 0 Å². The maximum absolute atomic E-state index is 4.60. The van der Waals surface area contributed by atoms with Crippen LogP contribution in [0.3, 0.4) is 0 Å². The number of nitrogens with zero attached hydrogens (tertiary/aromatic N) is 2. The molecule has 1 N–H and O–H groups in total. The molecule has 1 aliphatic rings. The van der Waals surface area contributed by atoms with E-state index in [0.717, 1.165) is 12.2 Å². The van der Waals surface area contributed by atoms with E-state index in [1.807, 2.05) is 0 Å². The Morgan fingerprint density at radius 2 is 2.25 bits per heavy atom. The second-order valence-electron chi connectivity index (χ2n) is 4.99. The molecular weight excluding hydrogens is 198 g/mol. The third kappa shape index (κ3) is 2.46. The predicted molar refractivity (Wildman–Crippen MR) is 66.7 cm³/mol. The van der Waals surface area contributed by atoms with Crippen molar-refractivity contribution in [1.29, 1.82) is 0 Å². The van der Waals surface area contributed by atoms with Gasteiger partial charge in [-0.15, -0.1) is 0 Å². The van der Waals surface area contributed by atoms with Crippen molar-refractivity contribution in [3.63, 3.8) is 0 Å². The van der Waals surface area contributed by atoms with Crippen molar-refractivity contribution < 1.29 is 0 Å². The Kier molecular flexibility index (Phi) is 3.64. The molecule has 0 saturated heterocycles. The fourth-order valence-corrected chi connectivity index (χ4v) is 2.73. The second kappa shape index (κ2) is 5.00. The summed E-state index contributed by atoms with van der Waals surface area (Å²) in [6.07, 6.45) is 5.02. The number of hydrogen-bond donors (Lipinski definition) is 1. The molecule has 1 fully saturated rings. The molecule has 3 heteroatoms. The monoisotopic (exact) mass is 221 g/mol. The molecule has 0 amide bonds. The van der Waals surface area contributed by atoms with E-state index in [-0.39, 0.29) is 0 Å². The number of nitrogens with one attached hydrogen (secondary N) is 1. The molecular formula is C13H23N3. The van der Waals surface area contributed by atoms with Crippen molar-refractivity contribution in [3.8, 4) is 0 Å². The van der Waals surface area contributed by atoms with E-state index in [1.54, 1.807) is 0 Å². The van der Waals surface area contributed by atoms with Crippen LogP contribution in [-0.4, -0.2) is 22.4 Å². The van der Waals surface area contributed by atoms with E-state index >= 15 is 0 Å². The average molecular weight is 221 g/mol. The Bertz CT molecular complexity index is 343. The van der Waals surface area contributed by atoms with Gasteiger partial charge in [-0.1, -0.05) is 6.92 Å². The number of hydrogen-bond acceptors (Lipinski definition) is 2. The fourth-order valence-electron chi connectivity index (χ4n) is 2.73. The van der Waals surface area contributed by atoms with Gasteiger partial charge in [0, 0.05) is 11.7 Å². The highest BCUT2D eigenvalue weighted by molar-refractivity contribution is 5.08. The third-order valence-corrected chi connectivity index (χ3v) is 3.48. The van der Waals surface area contributed by atoms with E-state index in [9.17, 15) is 0 Å². The first-order valence-corrected chi connectivity index (χ1v) is 6.47. The SMILES string of the molecule is CCCNC1CCC(n2nc(C)cc2C)C1. The molecule has 1 aromatic rings. The van der Waals surface area contributed by atoms with Crippen LogP contribution in [0.15, 0.2) is 6.07 Å². The maximum Gasteiger partial charge on any atom is 0.0596 e. The molecule has 2 unspecified atom stereocenters. The van der Waals surface area contributed by atoms with E-state index in [0.29, 0.717) is 12.1 Å². The van der Waals surface area contributed by atoms with E-state index in [2.05, 4.69) is 41.9 Å². The normalized spacial score (nSPS) is 25.2. The summed E-state index contributed by atoms with van der Waals surface area (Å²) in [5.41, 5.74) is 2.45. The Balaban J connectivity index is 1.95. The number of rotatable bonds is 4. The summed E-state index contributed by atoms with van der Waals surface area (Å²) in [7, 11) is 0. The minimum absolute atomic E-state index is 0.614. The summed E-state index contributed by atoms with van der Waals surface area (Å²) in [6.45, 7) is 7.60. The second-order valence-corrected chi connectivity index (χ2v) is 4.99. The molecule has 16 heavy (non-hydrogen) atoms. The zero-order valence-electron chi connectivity index (χ0n) is 10.7. The minimum atomic E-state index is 0.614. The highest BCUT2D eigenvalue weighted by atomic mass is 15.3. The van der Waals surface area contributed by atoms with Crippen LogP contribution in [0.4, 0.5) is 0 Å². The van der Waals surface area contributed by atoms with Gasteiger partial charge in [-0.25, -0.2) is 0 Å². The van der Waals surface area contributed by atoms with Gasteiger partial charge in [0.1, 0.15) is 0 Å². The molecule has 0 aliphatic heterocycles. The van der Waals surface area contributed by atoms with Crippen LogP contribution in [0, 0.1) is 13.8 Å². The molecule has 0 bridgehead atoms. The highest BCUT2D eigenvalue weighted by Crippen LogP contribution is 2.30. The topological polar surface area (TPSA) is 29.9 Å². The lowest BCUT2D eigenvalue weighted by Crippen LogP contribution is -2.27. The van der Waals surface area contributed by atoms with Crippen LogP contribution >= 0.6 is 0 Å². The van der Waals surface area contributed by atoms with Gasteiger partial charge in [0.2, 0.25) is 0 Å². The first kappa shape index (κ1) is 11.6. The molecule has 1 heterocycles.